The van der Waals surface area contributed by atoms with Crippen molar-refractivity contribution < 1.29 is 19.1 Å². The number of halogens is 3. The van der Waals surface area contributed by atoms with Crippen LogP contribution in [0.1, 0.15) is 88.3 Å². The summed E-state index contributed by atoms with van der Waals surface area (Å²) in [6, 6.07) is 0.389. The summed E-state index contributed by atoms with van der Waals surface area (Å²) in [4.78, 5) is 38.2. The Morgan fingerprint density at radius 1 is 0.738 bits per heavy atom. The van der Waals surface area contributed by atoms with Crippen LogP contribution in [0.15, 0.2) is 24.8 Å². The van der Waals surface area contributed by atoms with Gasteiger partial charge in [0.25, 0.3) is 0 Å². The van der Waals surface area contributed by atoms with Crippen molar-refractivity contribution in [2.75, 3.05) is 13.1 Å². The summed E-state index contributed by atoms with van der Waals surface area (Å²) in [5, 5.41) is 9.69. The molecule has 2 amide bonds. The van der Waals surface area contributed by atoms with Gasteiger partial charge in [-0.1, -0.05) is 57.1 Å². The molecule has 0 spiro atoms. The topological polar surface area (TPSA) is 140 Å². The molecule has 42 heavy (non-hydrogen) atoms. The standard InChI is InChI=1S/C13H18ClN3O2.C8H16N2O2.C4H2Cl2N2.3CH4/c1-13(2,3)19-12(18)16-9-4-8(5-9)10-6-15-7-11(14)17-10;1-8(2,3)12-7(11)10-6-4-9-5-6;5-3-1-7-2-4(6)8-3;;;/h6-9H,4-5H2,1-3H3,(H,16,18);6,9H,4-5H2,1-3H3,(H,10,11);1-2H;3*1H4. The minimum Gasteiger partial charge on any atom is -0.444 e. The Balaban J connectivity index is 0. The summed E-state index contributed by atoms with van der Waals surface area (Å²) in [5.41, 5.74) is 0.0159. The summed E-state index contributed by atoms with van der Waals surface area (Å²) in [7, 11) is 0. The number of hydrogen-bond donors (Lipinski definition) is 3. The van der Waals surface area contributed by atoms with E-state index in [1.54, 1.807) is 6.20 Å². The van der Waals surface area contributed by atoms with Crippen molar-refractivity contribution in [1.29, 1.82) is 0 Å². The van der Waals surface area contributed by atoms with Crippen molar-refractivity contribution in [3.8, 4) is 0 Å². The summed E-state index contributed by atoms with van der Waals surface area (Å²) in [6.07, 6.45) is 7.08. The molecule has 2 aromatic rings. The minimum atomic E-state index is -0.467. The van der Waals surface area contributed by atoms with Crippen LogP contribution in [0.4, 0.5) is 9.59 Å². The van der Waals surface area contributed by atoms with E-state index >= 15 is 0 Å². The van der Waals surface area contributed by atoms with Gasteiger partial charge in [-0.25, -0.2) is 19.6 Å². The highest BCUT2D eigenvalue weighted by Crippen LogP contribution is 2.36. The smallest absolute Gasteiger partial charge is 0.407 e. The summed E-state index contributed by atoms with van der Waals surface area (Å²) in [6.45, 7) is 12.8. The van der Waals surface area contributed by atoms with Crippen LogP contribution in [0.25, 0.3) is 0 Å². The lowest BCUT2D eigenvalue weighted by atomic mass is 9.78. The van der Waals surface area contributed by atoms with Gasteiger partial charge in [-0.3, -0.25) is 9.97 Å². The molecular formula is C28H48Cl3N7O4. The second-order valence-electron chi connectivity index (χ2n) is 10.9. The maximum atomic E-state index is 11.6. The molecule has 4 rings (SSSR count). The first-order valence-corrected chi connectivity index (χ1v) is 13.5. The number of aromatic nitrogens is 4. The Morgan fingerprint density at radius 2 is 1.14 bits per heavy atom. The molecule has 1 saturated carbocycles. The van der Waals surface area contributed by atoms with E-state index in [9.17, 15) is 9.59 Å². The lowest BCUT2D eigenvalue weighted by molar-refractivity contribution is 0.0464. The fourth-order valence-corrected chi connectivity index (χ4v) is 3.68. The number of hydrogen-bond acceptors (Lipinski definition) is 9. The minimum absolute atomic E-state index is 0. The van der Waals surface area contributed by atoms with Gasteiger partial charge in [0.15, 0.2) is 0 Å². The first-order chi connectivity index (χ1) is 18.1. The van der Waals surface area contributed by atoms with Gasteiger partial charge in [-0.15, -0.1) is 0 Å². The zero-order valence-electron chi connectivity index (χ0n) is 22.9. The molecule has 0 bridgehead atoms. The number of carbonyl (C=O) groups excluding carboxylic acids is 2. The van der Waals surface area contributed by atoms with Gasteiger partial charge >= 0.3 is 12.2 Å². The van der Waals surface area contributed by atoms with Crippen LogP contribution in [-0.2, 0) is 9.47 Å². The maximum Gasteiger partial charge on any atom is 0.407 e. The molecule has 2 fully saturated rings. The third-order valence-electron chi connectivity index (χ3n) is 4.98. The third kappa shape index (κ3) is 17.5. The van der Waals surface area contributed by atoms with Crippen molar-refractivity contribution >= 4 is 47.0 Å². The number of nitrogens with one attached hydrogen (secondary N) is 3. The second kappa shape index (κ2) is 18.9. The Labute approximate surface area is 266 Å². The number of alkyl carbamates (subject to hydrolysis) is 2. The lowest BCUT2D eigenvalue weighted by Gasteiger charge is -2.35. The molecule has 240 valence electrons. The van der Waals surface area contributed by atoms with Crippen molar-refractivity contribution in [3.63, 3.8) is 0 Å². The van der Waals surface area contributed by atoms with Gasteiger partial charge in [0, 0.05) is 31.2 Å². The highest BCUT2D eigenvalue weighted by atomic mass is 35.5. The number of ether oxygens (including phenoxy) is 2. The molecule has 1 aliphatic carbocycles. The molecular weight excluding hydrogens is 605 g/mol. The second-order valence-corrected chi connectivity index (χ2v) is 12.1. The number of nitrogens with zero attached hydrogens (tertiary/aromatic N) is 4. The van der Waals surface area contributed by atoms with Crippen LogP contribution in [0.2, 0.25) is 15.5 Å². The van der Waals surface area contributed by atoms with Crippen molar-refractivity contribution in [3.05, 3.63) is 45.9 Å². The summed E-state index contributed by atoms with van der Waals surface area (Å²) < 4.78 is 10.3. The van der Waals surface area contributed by atoms with Crippen LogP contribution in [0.5, 0.6) is 0 Å². The zero-order valence-corrected chi connectivity index (χ0v) is 25.2. The van der Waals surface area contributed by atoms with Crippen LogP contribution >= 0.6 is 34.8 Å². The highest BCUT2D eigenvalue weighted by Gasteiger charge is 2.33. The first kappa shape index (κ1) is 41.7. The van der Waals surface area contributed by atoms with Gasteiger partial charge in [-0.2, -0.15) is 0 Å². The first-order valence-electron chi connectivity index (χ1n) is 12.4. The molecule has 2 aliphatic rings. The fourth-order valence-electron chi connectivity index (χ4n) is 3.19. The van der Waals surface area contributed by atoms with E-state index in [2.05, 4.69) is 35.9 Å². The van der Waals surface area contributed by atoms with E-state index in [4.69, 9.17) is 44.3 Å². The van der Waals surface area contributed by atoms with Gasteiger partial charge in [0.1, 0.15) is 26.7 Å². The van der Waals surface area contributed by atoms with Gasteiger partial charge < -0.3 is 25.4 Å². The van der Waals surface area contributed by atoms with Crippen molar-refractivity contribution in [1.82, 2.24) is 35.9 Å². The zero-order chi connectivity index (χ0) is 29.2. The molecule has 0 unspecified atom stereocenters. The average Bonchev–Trinajstić information content (AvgIpc) is 2.71. The molecule has 0 atom stereocenters. The quantitative estimate of drug-likeness (QED) is 0.317. The van der Waals surface area contributed by atoms with Crippen LogP contribution in [0.3, 0.4) is 0 Å². The summed E-state index contributed by atoms with van der Waals surface area (Å²) in [5.74, 6) is 0.311. The van der Waals surface area contributed by atoms with Crippen molar-refractivity contribution in [2.24, 2.45) is 0 Å². The average molecular weight is 653 g/mol. The van der Waals surface area contributed by atoms with Gasteiger partial charge in [0.05, 0.1) is 30.3 Å². The molecule has 0 radical (unpaired) electrons. The monoisotopic (exact) mass is 651 g/mol. The van der Waals surface area contributed by atoms with E-state index in [1.807, 2.05) is 41.5 Å². The molecule has 2 aromatic heterocycles. The molecule has 14 heteroatoms. The Hall–Kier alpha value is -2.47. The number of amides is 2. The molecule has 1 aliphatic heterocycles. The van der Waals surface area contributed by atoms with E-state index in [1.165, 1.54) is 18.6 Å². The number of carbonyl (C=O) groups is 2. The van der Waals surface area contributed by atoms with E-state index in [0.29, 0.717) is 21.4 Å². The van der Waals surface area contributed by atoms with Crippen LogP contribution in [0, 0.1) is 0 Å². The molecule has 11 nitrogen and oxygen atoms in total. The van der Waals surface area contributed by atoms with Crippen LogP contribution in [-0.4, -0.2) is 68.5 Å². The van der Waals surface area contributed by atoms with Gasteiger partial charge in [0.2, 0.25) is 0 Å². The predicted octanol–water partition coefficient (Wildman–Crippen LogP) is 7.08. The highest BCUT2D eigenvalue weighted by molar-refractivity contribution is 6.32. The molecule has 1 saturated heterocycles. The molecule has 0 aromatic carbocycles. The Bertz CT molecular complexity index is 1070. The predicted molar refractivity (Wildman–Crippen MR) is 170 cm³/mol. The summed E-state index contributed by atoms with van der Waals surface area (Å²) >= 11 is 16.6. The molecule has 3 N–H and O–H groups in total. The Morgan fingerprint density at radius 3 is 1.48 bits per heavy atom. The van der Waals surface area contributed by atoms with E-state index in [-0.39, 0.29) is 46.6 Å². The lowest BCUT2D eigenvalue weighted by Crippen LogP contribution is -2.57. The molecule has 3 heterocycles. The Kier molecular flexibility index (Phi) is 18.8. The number of rotatable bonds is 3. The third-order valence-corrected chi connectivity index (χ3v) is 5.53. The van der Waals surface area contributed by atoms with Crippen LogP contribution < -0.4 is 16.0 Å². The SMILES string of the molecule is C.C.C.CC(C)(C)OC(=O)NC1CC(c2cncc(Cl)n2)C1.CC(C)(C)OC(=O)NC1CNC1.Clc1cncc(Cl)n1. The van der Waals surface area contributed by atoms with Crippen molar-refractivity contribution in [2.45, 2.75) is 106 Å². The maximum absolute atomic E-state index is 11.6. The van der Waals surface area contributed by atoms with Gasteiger partial charge in [-0.05, 0) is 54.4 Å². The normalized spacial score (nSPS) is 17.2. The van der Waals surface area contributed by atoms with E-state index < -0.39 is 11.2 Å². The fraction of sp³-hybridized carbons (Fsp3) is 0.643. The largest absolute Gasteiger partial charge is 0.444 e. The van der Waals surface area contributed by atoms with E-state index in [0.717, 1.165) is 31.6 Å².